The third kappa shape index (κ3) is 7.14. The van der Waals surface area contributed by atoms with E-state index in [1.165, 1.54) is 6.42 Å². The van der Waals surface area contributed by atoms with E-state index in [0.717, 1.165) is 23.4 Å². The van der Waals surface area contributed by atoms with Crippen LogP contribution in [0.25, 0.3) is 0 Å². The van der Waals surface area contributed by atoms with Crippen molar-refractivity contribution >= 4 is 47.7 Å². The molecule has 2 unspecified atom stereocenters. The molecule has 180 valence electrons. The summed E-state index contributed by atoms with van der Waals surface area (Å²) in [6.07, 6.45) is 3.59. The molecule has 1 amide bonds. The third-order valence-electron chi connectivity index (χ3n) is 5.58. The maximum Gasteiger partial charge on any atom is 0.311 e. The number of esters is 1. The Hall–Kier alpha value is -1.69. The lowest BCUT2D eigenvalue weighted by Crippen LogP contribution is -2.64. The number of hydrogen-bond donors (Lipinski definition) is 1. The first kappa shape index (κ1) is 27.6. The fourth-order valence-corrected chi connectivity index (χ4v) is 4.66. The normalized spacial score (nSPS) is 22.2. The first-order valence-electron chi connectivity index (χ1n) is 11.4. The molecular formula is C26H33Cl2NO3S. The van der Waals surface area contributed by atoms with Gasteiger partial charge in [0.05, 0.1) is 12.5 Å². The number of hydrogen-bond acceptors (Lipinski definition) is 4. The fourth-order valence-electron chi connectivity index (χ4n) is 3.96. The lowest BCUT2D eigenvalue weighted by Gasteiger charge is -2.51. The van der Waals surface area contributed by atoms with Gasteiger partial charge in [0.1, 0.15) is 0 Å². The molecule has 2 fully saturated rings. The molecule has 2 aromatic rings. The average Bonchev–Trinajstić information content (AvgIpc) is 2.78. The van der Waals surface area contributed by atoms with Crippen molar-refractivity contribution in [3.05, 3.63) is 70.2 Å². The van der Waals surface area contributed by atoms with Gasteiger partial charge in [-0.2, -0.15) is 12.6 Å². The summed E-state index contributed by atoms with van der Waals surface area (Å²) in [6, 6.07) is 17.0. The summed E-state index contributed by atoms with van der Waals surface area (Å²) in [5.74, 6) is 0.211. The van der Waals surface area contributed by atoms with Gasteiger partial charge >= 0.3 is 5.97 Å². The van der Waals surface area contributed by atoms with Gasteiger partial charge in [-0.25, -0.2) is 0 Å². The smallest absolute Gasteiger partial charge is 0.311 e. The second-order valence-electron chi connectivity index (χ2n) is 8.21. The zero-order valence-corrected chi connectivity index (χ0v) is 21.9. The number of benzene rings is 2. The molecule has 2 saturated heterocycles. The highest BCUT2D eigenvalue weighted by Crippen LogP contribution is 2.45. The molecule has 0 radical (unpaired) electrons. The molecule has 33 heavy (non-hydrogen) atoms. The zero-order chi connectivity index (χ0) is 24.4. The molecule has 0 N–H and O–H groups in total. The van der Waals surface area contributed by atoms with Gasteiger partial charge in [-0.1, -0.05) is 80.7 Å². The van der Waals surface area contributed by atoms with Crippen molar-refractivity contribution in [2.45, 2.75) is 70.6 Å². The number of carbonyl (C=O) groups is 2. The maximum absolute atomic E-state index is 13.1. The monoisotopic (exact) mass is 509 g/mol. The Labute approximate surface area is 213 Å². The number of likely N-dealkylation sites (tertiary alicyclic amines) is 1. The van der Waals surface area contributed by atoms with Crippen molar-refractivity contribution < 1.29 is 14.3 Å². The summed E-state index contributed by atoms with van der Waals surface area (Å²) in [7, 11) is 0. The van der Waals surface area contributed by atoms with Crippen LogP contribution in [0, 0.1) is 0 Å². The topological polar surface area (TPSA) is 46.6 Å². The van der Waals surface area contributed by atoms with Crippen LogP contribution in [0.4, 0.5) is 0 Å². The summed E-state index contributed by atoms with van der Waals surface area (Å²) in [4.78, 5) is 26.3. The predicted molar refractivity (Wildman–Crippen MR) is 139 cm³/mol. The van der Waals surface area contributed by atoms with Crippen LogP contribution in [-0.2, 0) is 14.3 Å². The third-order valence-corrected chi connectivity index (χ3v) is 6.51. The van der Waals surface area contributed by atoms with E-state index in [0.29, 0.717) is 17.2 Å². The van der Waals surface area contributed by atoms with Crippen LogP contribution >= 0.6 is 35.8 Å². The predicted octanol–water partition coefficient (Wildman–Crippen LogP) is 7.15. The van der Waals surface area contributed by atoms with Crippen LogP contribution in [0.5, 0.6) is 0 Å². The standard InChI is InChI=1S/C17H20ClNO3S.C6H5Cl.C3H8/c1-2-13(10-23)19-14(11-3-5-12(18)6-4-11)7-8-17(16(19)21)9-15(20)22-17;7-6-4-2-1-3-5-6;1-3-2/h3-6,13-14,23H,2,7-10H2,1H3;1-5H;3H2,1-2H3/t13?,14?,17-;;/m0../s1. The van der Waals surface area contributed by atoms with Gasteiger partial charge in [0.15, 0.2) is 0 Å². The Morgan fingerprint density at radius 2 is 1.58 bits per heavy atom. The minimum Gasteiger partial charge on any atom is -0.448 e. The Morgan fingerprint density at radius 3 is 2.00 bits per heavy atom. The van der Waals surface area contributed by atoms with Crippen LogP contribution in [0.2, 0.25) is 10.0 Å². The van der Waals surface area contributed by atoms with E-state index in [4.69, 9.17) is 27.9 Å². The van der Waals surface area contributed by atoms with E-state index in [1.807, 2.05) is 66.4 Å². The van der Waals surface area contributed by atoms with Gasteiger partial charge in [-0.3, -0.25) is 9.59 Å². The fraction of sp³-hybridized carbons (Fsp3) is 0.462. The van der Waals surface area contributed by atoms with Gasteiger partial charge in [0.25, 0.3) is 5.91 Å². The second-order valence-corrected chi connectivity index (χ2v) is 9.45. The molecule has 0 saturated carbocycles. The van der Waals surface area contributed by atoms with Crippen molar-refractivity contribution in [3.63, 3.8) is 0 Å². The molecule has 4 rings (SSSR count). The molecule has 1 spiro atoms. The molecule has 2 heterocycles. The molecule has 0 aromatic heterocycles. The van der Waals surface area contributed by atoms with Crippen molar-refractivity contribution in [1.29, 1.82) is 0 Å². The van der Waals surface area contributed by atoms with Gasteiger partial charge in [-0.15, -0.1) is 0 Å². The first-order valence-corrected chi connectivity index (χ1v) is 12.8. The highest BCUT2D eigenvalue weighted by atomic mass is 35.5. The number of ether oxygens (including phenoxy) is 1. The Morgan fingerprint density at radius 1 is 1.03 bits per heavy atom. The van der Waals surface area contributed by atoms with E-state index in [1.54, 1.807) is 0 Å². The van der Waals surface area contributed by atoms with Crippen molar-refractivity contribution in [3.8, 4) is 0 Å². The van der Waals surface area contributed by atoms with Crippen LogP contribution in [-0.4, -0.2) is 34.2 Å². The molecule has 3 atom stereocenters. The molecule has 0 bridgehead atoms. The average molecular weight is 511 g/mol. The number of carbonyl (C=O) groups excluding carboxylic acids is 2. The van der Waals surface area contributed by atoms with Gasteiger partial charge < -0.3 is 9.64 Å². The summed E-state index contributed by atoms with van der Waals surface area (Å²) >= 11 is 15.9. The number of nitrogens with zero attached hydrogens (tertiary/aromatic N) is 1. The van der Waals surface area contributed by atoms with Crippen LogP contribution in [0.1, 0.15) is 64.5 Å². The molecule has 4 nitrogen and oxygen atoms in total. The number of halogens is 2. The lowest BCUT2D eigenvalue weighted by atomic mass is 9.79. The molecule has 0 aliphatic carbocycles. The summed E-state index contributed by atoms with van der Waals surface area (Å²) in [5.41, 5.74) is 0.125. The molecule has 2 aliphatic rings. The zero-order valence-electron chi connectivity index (χ0n) is 19.5. The van der Waals surface area contributed by atoms with E-state index in [2.05, 4.69) is 26.5 Å². The highest BCUT2D eigenvalue weighted by molar-refractivity contribution is 7.80. The van der Waals surface area contributed by atoms with Crippen molar-refractivity contribution in [1.82, 2.24) is 4.90 Å². The molecular weight excluding hydrogens is 477 g/mol. The Balaban J connectivity index is 0.000000321. The second kappa shape index (κ2) is 13.3. The van der Waals surface area contributed by atoms with Crippen LogP contribution < -0.4 is 0 Å². The summed E-state index contributed by atoms with van der Waals surface area (Å²) in [6.45, 7) is 6.29. The van der Waals surface area contributed by atoms with Gasteiger partial charge in [0.2, 0.25) is 5.60 Å². The van der Waals surface area contributed by atoms with E-state index in [-0.39, 0.29) is 30.4 Å². The number of piperidine rings is 1. The number of amides is 1. The molecule has 2 aromatic carbocycles. The quantitative estimate of drug-likeness (QED) is 0.351. The largest absolute Gasteiger partial charge is 0.448 e. The lowest BCUT2D eigenvalue weighted by molar-refractivity contribution is -0.210. The molecule has 2 aliphatic heterocycles. The minimum atomic E-state index is -0.934. The Bertz CT molecular complexity index is 880. The molecule has 7 heteroatoms. The summed E-state index contributed by atoms with van der Waals surface area (Å²) in [5, 5.41) is 1.47. The van der Waals surface area contributed by atoms with E-state index < -0.39 is 5.60 Å². The van der Waals surface area contributed by atoms with E-state index >= 15 is 0 Å². The highest BCUT2D eigenvalue weighted by Gasteiger charge is 2.58. The number of rotatable bonds is 4. The minimum absolute atomic E-state index is 0.0167. The number of thiol groups is 1. The summed E-state index contributed by atoms with van der Waals surface area (Å²) < 4.78 is 5.28. The SMILES string of the molecule is CCC.CCC(CS)N1C(=O)[C@]2(CCC1c1ccc(Cl)cc1)CC(=O)O2.Clc1ccccc1. The van der Waals surface area contributed by atoms with Crippen LogP contribution in [0.15, 0.2) is 54.6 Å². The van der Waals surface area contributed by atoms with Gasteiger partial charge in [0, 0.05) is 21.8 Å². The van der Waals surface area contributed by atoms with Crippen molar-refractivity contribution in [2.75, 3.05) is 5.75 Å². The Kier molecular flexibility index (Phi) is 11.1. The van der Waals surface area contributed by atoms with Crippen LogP contribution in [0.3, 0.4) is 0 Å². The van der Waals surface area contributed by atoms with Crippen molar-refractivity contribution in [2.24, 2.45) is 0 Å². The first-order chi connectivity index (χ1) is 15.8. The van der Waals surface area contributed by atoms with E-state index in [9.17, 15) is 9.59 Å². The van der Waals surface area contributed by atoms with Gasteiger partial charge in [-0.05, 0) is 49.1 Å². The maximum atomic E-state index is 13.1.